The van der Waals surface area contributed by atoms with Crippen LogP contribution in [0.15, 0.2) is 48.5 Å². The number of carbonyl (C=O) groups excluding carboxylic acids is 2. The number of unbranched alkanes of at least 4 members (excludes halogenated alkanes) is 1. The normalized spacial score (nSPS) is 16.0. The van der Waals surface area contributed by atoms with E-state index in [1.54, 1.807) is 24.3 Å². The molecule has 2 aromatic carbocycles. The monoisotopic (exact) mass is 558 g/mol. The summed E-state index contributed by atoms with van der Waals surface area (Å²) in [6, 6.07) is 14.1. The van der Waals surface area contributed by atoms with Crippen molar-refractivity contribution < 1.29 is 14.3 Å². The number of ether oxygens (including phenoxy) is 1. The van der Waals surface area contributed by atoms with E-state index in [4.69, 9.17) is 19.7 Å². The second-order valence-corrected chi connectivity index (χ2v) is 10.4. The fourth-order valence-corrected chi connectivity index (χ4v) is 4.77. The van der Waals surface area contributed by atoms with Crippen molar-refractivity contribution >= 4 is 29.3 Å². The molecule has 3 heterocycles. The zero-order valence-electron chi connectivity index (χ0n) is 23.8. The Morgan fingerprint density at radius 1 is 0.829 bits per heavy atom. The van der Waals surface area contributed by atoms with Gasteiger partial charge in [-0.25, -0.2) is 9.78 Å². The molecule has 0 spiro atoms. The first-order valence-electron chi connectivity index (χ1n) is 14.3. The van der Waals surface area contributed by atoms with E-state index in [9.17, 15) is 9.59 Å². The number of carbonyl (C=O) groups is 2. The number of morpholine rings is 1. The number of urea groups is 1. The molecule has 11 nitrogen and oxygen atoms in total. The Morgan fingerprint density at radius 3 is 2.10 bits per heavy atom. The van der Waals surface area contributed by atoms with Gasteiger partial charge in [0.2, 0.25) is 5.95 Å². The SMILES string of the molecule is CCCCc1nc(-c2ccc(NC(=O)Nc3ccc(C(=O)N4CCN(C)CC4)cc3)cc2)nc(N2CCOCC2)n1. The lowest BCUT2D eigenvalue weighted by Crippen LogP contribution is -2.47. The third-order valence-electron chi connectivity index (χ3n) is 7.30. The topological polar surface area (TPSA) is 116 Å². The van der Waals surface area contributed by atoms with Gasteiger partial charge in [-0.15, -0.1) is 0 Å². The number of likely N-dealkylation sites (N-methyl/N-ethyl adjacent to an activating group) is 1. The fraction of sp³-hybridized carbons (Fsp3) is 0.433. The van der Waals surface area contributed by atoms with Gasteiger partial charge >= 0.3 is 6.03 Å². The lowest BCUT2D eigenvalue weighted by molar-refractivity contribution is 0.0664. The van der Waals surface area contributed by atoms with E-state index < -0.39 is 0 Å². The number of aromatic nitrogens is 3. The highest BCUT2D eigenvalue weighted by Gasteiger charge is 2.20. The van der Waals surface area contributed by atoms with Gasteiger partial charge in [-0.1, -0.05) is 13.3 Å². The summed E-state index contributed by atoms with van der Waals surface area (Å²) < 4.78 is 5.48. The van der Waals surface area contributed by atoms with Gasteiger partial charge in [0.25, 0.3) is 5.91 Å². The maximum absolute atomic E-state index is 12.8. The summed E-state index contributed by atoms with van der Waals surface area (Å²) >= 11 is 0. The molecule has 0 radical (unpaired) electrons. The first kappa shape index (κ1) is 28.4. The summed E-state index contributed by atoms with van der Waals surface area (Å²) in [6.45, 7) is 8.17. The van der Waals surface area contributed by atoms with E-state index in [2.05, 4.69) is 34.4 Å². The number of hydrogen-bond acceptors (Lipinski definition) is 8. The highest BCUT2D eigenvalue weighted by Crippen LogP contribution is 2.22. The number of hydrogen-bond donors (Lipinski definition) is 2. The molecule has 0 saturated carbocycles. The Bertz CT molecular complexity index is 1320. The summed E-state index contributed by atoms with van der Waals surface area (Å²) in [5, 5.41) is 5.69. The van der Waals surface area contributed by atoms with Crippen molar-refractivity contribution in [3.05, 3.63) is 59.9 Å². The van der Waals surface area contributed by atoms with E-state index in [0.717, 1.165) is 69.9 Å². The first-order chi connectivity index (χ1) is 20.0. The predicted octanol–water partition coefficient (Wildman–Crippen LogP) is 3.75. The van der Waals surface area contributed by atoms with Gasteiger partial charge in [0.1, 0.15) is 5.82 Å². The van der Waals surface area contributed by atoms with E-state index in [-0.39, 0.29) is 11.9 Å². The zero-order valence-corrected chi connectivity index (χ0v) is 23.8. The lowest BCUT2D eigenvalue weighted by Gasteiger charge is -2.32. The summed E-state index contributed by atoms with van der Waals surface area (Å²) in [7, 11) is 2.06. The Balaban J connectivity index is 1.20. The van der Waals surface area contributed by atoms with Crippen molar-refractivity contribution in [3.8, 4) is 11.4 Å². The molecule has 2 saturated heterocycles. The van der Waals surface area contributed by atoms with Crippen LogP contribution in [0, 0.1) is 0 Å². The van der Waals surface area contributed by atoms with Gasteiger partial charge in [-0.05, 0) is 62.0 Å². The van der Waals surface area contributed by atoms with Crippen LogP contribution >= 0.6 is 0 Å². The number of benzene rings is 2. The molecule has 216 valence electrons. The Kier molecular flexibility index (Phi) is 9.37. The molecule has 41 heavy (non-hydrogen) atoms. The molecule has 2 aliphatic rings. The van der Waals surface area contributed by atoms with Crippen LogP contribution in [0.5, 0.6) is 0 Å². The van der Waals surface area contributed by atoms with Crippen molar-refractivity contribution in [1.82, 2.24) is 24.8 Å². The highest BCUT2D eigenvalue weighted by atomic mass is 16.5. The van der Waals surface area contributed by atoms with Gasteiger partial charge in [0.15, 0.2) is 5.82 Å². The van der Waals surface area contributed by atoms with Gasteiger partial charge in [-0.2, -0.15) is 9.97 Å². The number of piperazine rings is 1. The van der Waals surface area contributed by atoms with Crippen molar-refractivity contribution in [2.45, 2.75) is 26.2 Å². The molecule has 2 N–H and O–H groups in total. The molecule has 11 heteroatoms. The Labute approximate surface area is 240 Å². The predicted molar refractivity (Wildman–Crippen MR) is 159 cm³/mol. The molecule has 0 unspecified atom stereocenters. The zero-order chi connectivity index (χ0) is 28.6. The Hall–Kier alpha value is -4.09. The third-order valence-corrected chi connectivity index (χ3v) is 7.30. The maximum atomic E-state index is 12.8. The lowest BCUT2D eigenvalue weighted by atomic mass is 10.1. The van der Waals surface area contributed by atoms with Crippen LogP contribution in [0.3, 0.4) is 0 Å². The maximum Gasteiger partial charge on any atom is 0.323 e. The molecule has 3 amide bonds. The molecule has 0 aliphatic carbocycles. The number of aryl methyl sites for hydroxylation is 1. The molecule has 2 aliphatic heterocycles. The number of nitrogens with one attached hydrogen (secondary N) is 2. The van der Waals surface area contributed by atoms with E-state index >= 15 is 0 Å². The minimum atomic E-state index is -0.368. The minimum Gasteiger partial charge on any atom is -0.378 e. The first-order valence-corrected chi connectivity index (χ1v) is 14.3. The summed E-state index contributed by atoms with van der Waals surface area (Å²) in [4.78, 5) is 45.8. The summed E-state index contributed by atoms with van der Waals surface area (Å²) in [5.74, 6) is 2.11. The van der Waals surface area contributed by atoms with Crippen molar-refractivity contribution in [1.29, 1.82) is 0 Å². The van der Waals surface area contributed by atoms with Crippen molar-refractivity contribution in [2.75, 3.05) is 75.1 Å². The molecule has 2 fully saturated rings. The van der Waals surface area contributed by atoms with Gasteiger partial charge in [-0.3, -0.25) is 4.79 Å². The van der Waals surface area contributed by atoms with Crippen molar-refractivity contribution in [2.24, 2.45) is 0 Å². The average Bonchev–Trinajstić information content (AvgIpc) is 3.01. The van der Waals surface area contributed by atoms with Crippen LogP contribution < -0.4 is 15.5 Å². The second kappa shape index (κ2) is 13.5. The fourth-order valence-electron chi connectivity index (χ4n) is 4.77. The Morgan fingerprint density at radius 2 is 1.46 bits per heavy atom. The van der Waals surface area contributed by atoms with Gasteiger partial charge in [0, 0.05) is 68.2 Å². The van der Waals surface area contributed by atoms with Crippen LogP contribution in [0.4, 0.5) is 22.1 Å². The number of anilines is 3. The molecule has 3 aromatic rings. The smallest absolute Gasteiger partial charge is 0.323 e. The van der Waals surface area contributed by atoms with Gasteiger partial charge < -0.3 is 30.1 Å². The summed E-state index contributed by atoms with van der Waals surface area (Å²) in [5.41, 5.74) is 2.71. The van der Waals surface area contributed by atoms with Crippen LogP contribution in [-0.2, 0) is 11.2 Å². The summed E-state index contributed by atoms with van der Waals surface area (Å²) in [6.07, 6.45) is 2.88. The third kappa shape index (κ3) is 7.56. The standard InChI is InChI=1S/C30H38N8O3/c1-3-4-5-26-33-27(35-29(34-26)38-18-20-41-21-19-38)22-6-10-24(11-7-22)31-30(40)32-25-12-8-23(9-13-25)28(39)37-16-14-36(2)15-17-37/h6-13H,3-5,14-21H2,1-2H3,(H2,31,32,40). The number of amides is 3. The minimum absolute atomic E-state index is 0.0157. The van der Waals surface area contributed by atoms with E-state index in [0.29, 0.717) is 41.9 Å². The number of nitrogens with zero attached hydrogens (tertiary/aromatic N) is 6. The highest BCUT2D eigenvalue weighted by molar-refractivity contribution is 6.00. The van der Waals surface area contributed by atoms with E-state index in [1.807, 2.05) is 29.2 Å². The van der Waals surface area contributed by atoms with Crippen LogP contribution in [-0.4, -0.2) is 96.2 Å². The average molecular weight is 559 g/mol. The van der Waals surface area contributed by atoms with E-state index in [1.165, 1.54) is 0 Å². The molecule has 0 bridgehead atoms. The van der Waals surface area contributed by atoms with Crippen LogP contribution in [0.1, 0.15) is 35.9 Å². The van der Waals surface area contributed by atoms with Crippen molar-refractivity contribution in [3.63, 3.8) is 0 Å². The quantitative estimate of drug-likeness (QED) is 0.430. The van der Waals surface area contributed by atoms with Crippen LogP contribution in [0.2, 0.25) is 0 Å². The molecule has 5 rings (SSSR count). The molecule has 0 atom stereocenters. The van der Waals surface area contributed by atoms with Crippen LogP contribution in [0.25, 0.3) is 11.4 Å². The second-order valence-electron chi connectivity index (χ2n) is 10.4. The molecular formula is C30H38N8O3. The number of rotatable bonds is 8. The van der Waals surface area contributed by atoms with Gasteiger partial charge in [0.05, 0.1) is 13.2 Å². The molecule has 1 aromatic heterocycles. The molecular weight excluding hydrogens is 520 g/mol. The largest absolute Gasteiger partial charge is 0.378 e.